The van der Waals surface area contributed by atoms with Crippen LogP contribution in [0.15, 0.2) is 46.6 Å². The number of nitrogen functional groups attached to an aromatic ring is 1. The molecule has 0 saturated carbocycles. The van der Waals surface area contributed by atoms with E-state index in [2.05, 4.69) is 10.2 Å². The van der Waals surface area contributed by atoms with Crippen LogP contribution in [0.1, 0.15) is 12.5 Å². The van der Waals surface area contributed by atoms with E-state index in [0.29, 0.717) is 28.6 Å². The van der Waals surface area contributed by atoms with Crippen molar-refractivity contribution in [2.24, 2.45) is 10.2 Å². The number of aliphatic hydroxyl groups excluding tert-OH is 1. The standard InChI is InChI=1S/C16H19N3O3/c1-10-8-14(17)16(21-3)9-15(10)19-18-12-4-6-13(7-5-12)22-11(2)20/h4-9,11,20H,17H2,1-3H3. The second-order valence-electron chi connectivity index (χ2n) is 4.79. The molecule has 0 aliphatic rings. The second kappa shape index (κ2) is 6.91. The van der Waals surface area contributed by atoms with Crippen LogP contribution in [-0.2, 0) is 0 Å². The number of aliphatic hydroxyl groups is 1. The zero-order chi connectivity index (χ0) is 16.1. The molecule has 6 nitrogen and oxygen atoms in total. The zero-order valence-corrected chi connectivity index (χ0v) is 12.8. The van der Waals surface area contributed by atoms with Gasteiger partial charge in [0.1, 0.15) is 11.5 Å². The molecule has 1 atom stereocenters. The van der Waals surface area contributed by atoms with Crippen LogP contribution in [0.4, 0.5) is 17.1 Å². The molecule has 2 aromatic rings. The monoisotopic (exact) mass is 301 g/mol. The first kappa shape index (κ1) is 15.8. The summed E-state index contributed by atoms with van der Waals surface area (Å²) < 4.78 is 10.3. The van der Waals surface area contributed by atoms with Crippen LogP contribution in [0.25, 0.3) is 0 Å². The third-order valence-corrected chi connectivity index (χ3v) is 2.96. The first-order chi connectivity index (χ1) is 10.5. The molecule has 0 radical (unpaired) electrons. The van der Waals surface area contributed by atoms with Crippen LogP contribution in [0.3, 0.4) is 0 Å². The number of aryl methyl sites for hydroxylation is 1. The molecule has 6 heteroatoms. The molecule has 0 aromatic heterocycles. The molecule has 3 N–H and O–H groups in total. The lowest BCUT2D eigenvalue weighted by atomic mass is 10.1. The Balaban J connectivity index is 2.18. The number of rotatable bonds is 5. The molecule has 2 rings (SSSR count). The Morgan fingerprint density at radius 3 is 2.41 bits per heavy atom. The van der Waals surface area contributed by atoms with E-state index in [1.807, 2.05) is 6.92 Å². The number of hydrogen-bond donors (Lipinski definition) is 2. The van der Waals surface area contributed by atoms with E-state index in [1.54, 1.807) is 50.4 Å². The van der Waals surface area contributed by atoms with Gasteiger partial charge in [0.05, 0.1) is 24.2 Å². The highest BCUT2D eigenvalue weighted by atomic mass is 16.6. The molecule has 0 fully saturated rings. The van der Waals surface area contributed by atoms with Crippen molar-refractivity contribution < 1.29 is 14.6 Å². The maximum atomic E-state index is 9.14. The lowest BCUT2D eigenvalue weighted by Gasteiger charge is -2.08. The molecular formula is C16H19N3O3. The summed E-state index contributed by atoms with van der Waals surface area (Å²) in [6, 6.07) is 10.5. The summed E-state index contributed by atoms with van der Waals surface area (Å²) in [6.45, 7) is 3.45. The number of methoxy groups -OCH3 is 1. The van der Waals surface area contributed by atoms with Crippen LogP contribution in [0, 0.1) is 6.92 Å². The Morgan fingerprint density at radius 1 is 1.14 bits per heavy atom. The molecule has 22 heavy (non-hydrogen) atoms. The van der Waals surface area contributed by atoms with Gasteiger partial charge in [0.25, 0.3) is 0 Å². The fourth-order valence-corrected chi connectivity index (χ4v) is 1.88. The smallest absolute Gasteiger partial charge is 0.194 e. The van der Waals surface area contributed by atoms with Gasteiger partial charge in [0, 0.05) is 6.07 Å². The molecule has 1 unspecified atom stereocenters. The van der Waals surface area contributed by atoms with Crippen LogP contribution < -0.4 is 15.2 Å². The SMILES string of the molecule is COc1cc(N=Nc2ccc(OC(C)O)cc2)c(C)cc1N. The lowest BCUT2D eigenvalue weighted by molar-refractivity contribution is -0.000283. The first-order valence-corrected chi connectivity index (χ1v) is 6.80. The fraction of sp³-hybridized carbons (Fsp3) is 0.250. The molecule has 0 bridgehead atoms. The van der Waals surface area contributed by atoms with Gasteiger partial charge >= 0.3 is 0 Å². The molecule has 0 aliphatic heterocycles. The van der Waals surface area contributed by atoms with Gasteiger partial charge < -0.3 is 20.3 Å². The van der Waals surface area contributed by atoms with E-state index in [1.165, 1.54) is 0 Å². The van der Waals surface area contributed by atoms with Crippen LogP contribution >= 0.6 is 0 Å². The molecule has 0 amide bonds. The molecule has 0 heterocycles. The number of hydrogen-bond acceptors (Lipinski definition) is 6. The third-order valence-electron chi connectivity index (χ3n) is 2.96. The van der Waals surface area contributed by atoms with E-state index < -0.39 is 6.29 Å². The normalized spacial score (nSPS) is 12.4. The van der Waals surface area contributed by atoms with E-state index in [-0.39, 0.29) is 0 Å². The number of nitrogens with zero attached hydrogens (tertiary/aromatic N) is 2. The van der Waals surface area contributed by atoms with Crippen LogP contribution in [-0.4, -0.2) is 18.5 Å². The molecule has 2 aromatic carbocycles. The Bertz CT molecular complexity index is 667. The minimum absolute atomic E-state index is 0.568. The summed E-state index contributed by atoms with van der Waals surface area (Å²) >= 11 is 0. The van der Waals surface area contributed by atoms with Crippen molar-refractivity contribution in [1.29, 1.82) is 0 Å². The lowest BCUT2D eigenvalue weighted by Crippen LogP contribution is -2.09. The Labute approximate surface area is 129 Å². The zero-order valence-electron chi connectivity index (χ0n) is 12.8. The average Bonchev–Trinajstić information content (AvgIpc) is 2.47. The van der Waals surface area contributed by atoms with Gasteiger partial charge in [-0.2, -0.15) is 10.2 Å². The minimum Gasteiger partial charge on any atom is -0.495 e. The molecule has 0 spiro atoms. The quantitative estimate of drug-likeness (QED) is 0.500. The number of ether oxygens (including phenoxy) is 2. The van der Waals surface area contributed by atoms with E-state index in [9.17, 15) is 0 Å². The molecule has 0 saturated heterocycles. The summed E-state index contributed by atoms with van der Waals surface area (Å²) in [5, 5.41) is 17.5. The molecular weight excluding hydrogens is 282 g/mol. The van der Waals surface area contributed by atoms with Gasteiger partial charge in [-0.1, -0.05) is 0 Å². The predicted molar refractivity (Wildman–Crippen MR) is 85.1 cm³/mol. The van der Waals surface area contributed by atoms with Crippen molar-refractivity contribution in [3.8, 4) is 11.5 Å². The Hall–Kier alpha value is -2.60. The summed E-state index contributed by atoms with van der Waals surface area (Å²) in [7, 11) is 1.56. The van der Waals surface area contributed by atoms with Crippen molar-refractivity contribution in [2.75, 3.05) is 12.8 Å². The first-order valence-electron chi connectivity index (χ1n) is 6.80. The fourth-order valence-electron chi connectivity index (χ4n) is 1.88. The van der Waals surface area contributed by atoms with Gasteiger partial charge in [-0.3, -0.25) is 0 Å². The molecule has 116 valence electrons. The van der Waals surface area contributed by atoms with E-state index in [0.717, 1.165) is 5.56 Å². The van der Waals surface area contributed by atoms with Crippen molar-refractivity contribution in [2.45, 2.75) is 20.1 Å². The summed E-state index contributed by atoms with van der Waals surface area (Å²) in [4.78, 5) is 0. The third kappa shape index (κ3) is 3.95. The van der Waals surface area contributed by atoms with Crippen molar-refractivity contribution in [1.82, 2.24) is 0 Å². The minimum atomic E-state index is -0.850. The maximum Gasteiger partial charge on any atom is 0.194 e. The summed E-state index contributed by atoms with van der Waals surface area (Å²) in [5.74, 6) is 1.14. The summed E-state index contributed by atoms with van der Waals surface area (Å²) in [5.41, 5.74) is 8.68. The van der Waals surface area contributed by atoms with Gasteiger partial charge in [0.15, 0.2) is 6.29 Å². The highest BCUT2D eigenvalue weighted by molar-refractivity contribution is 5.63. The van der Waals surface area contributed by atoms with Crippen LogP contribution in [0.5, 0.6) is 11.5 Å². The average molecular weight is 301 g/mol. The van der Waals surface area contributed by atoms with E-state index >= 15 is 0 Å². The molecule has 0 aliphatic carbocycles. The topological polar surface area (TPSA) is 89.4 Å². The maximum absolute atomic E-state index is 9.14. The number of nitrogens with two attached hydrogens (primary N) is 1. The van der Waals surface area contributed by atoms with Crippen molar-refractivity contribution >= 4 is 17.1 Å². The predicted octanol–water partition coefficient (Wildman–Crippen LogP) is 3.72. The van der Waals surface area contributed by atoms with E-state index in [4.69, 9.17) is 20.3 Å². The highest BCUT2D eigenvalue weighted by Crippen LogP contribution is 2.31. The number of benzene rings is 2. The van der Waals surface area contributed by atoms with Gasteiger partial charge in [-0.05, 0) is 49.7 Å². The van der Waals surface area contributed by atoms with Gasteiger partial charge in [-0.25, -0.2) is 0 Å². The Kier molecular flexibility index (Phi) is 4.95. The number of azo groups is 1. The number of anilines is 1. The van der Waals surface area contributed by atoms with Crippen molar-refractivity contribution in [3.63, 3.8) is 0 Å². The largest absolute Gasteiger partial charge is 0.495 e. The van der Waals surface area contributed by atoms with Gasteiger partial charge in [0.2, 0.25) is 0 Å². The highest BCUT2D eigenvalue weighted by Gasteiger charge is 2.05. The Morgan fingerprint density at radius 2 is 1.82 bits per heavy atom. The van der Waals surface area contributed by atoms with Crippen LogP contribution in [0.2, 0.25) is 0 Å². The second-order valence-corrected chi connectivity index (χ2v) is 4.79. The van der Waals surface area contributed by atoms with Gasteiger partial charge in [-0.15, -0.1) is 0 Å². The summed E-state index contributed by atoms with van der Waals surface area (Å²) in [6.07, 6.45) is -0.850. The van der Waals surface area contributed by atoms with Crippen molar-refractivity contribution in [3.05, 3.63) is 42.0 Å².